The van der Waals surface area contributed by atoms with Crippen LogP contribution < -0.4 is 20.9 Å². The Morgan fingerprint density at radius 1 is 1.25 bits per heavy atom. The first-order chi connectivity index (χ1) is 13.5. The van der Waals surface area contributed by atoms with E-state index in [2.05, 4.69) is 31.3 Å². The molecule has 144 valence electrons. The van der Waals surface area contributed by atoms with Crippen molar-refractivity contribution in [2.75, 3.05) is 17.3 Å². The third kappa shape index (κ3) is 4.69. The number of nitro groups is 1. The normalized spacial score (nSPS) is 10.2. The first-order valence-electron chi connectivity index (χ1n) is 7.95. The van der Waals surface area contributed by atoms with Crippen molar-refractivity contribution in [2.45, 2.75) is 6.92 Å². The van der Waals surface area contributed by atoms with Gasteiger partial charge in [0.1, 0.15) is 17.8 Å². The van der Waals surface area contributed by atoms with E-state index in [-0.39, 0.29) is 24.1 Å². The molecular weight excluding hydrogens is 370 g/mol. The Hall–Kier alpha value is -4.22. The summed E-state index contributed by atoms with van der Waals surface area (Å²) in [7, 11) is 0. The Morgan fingerprint density at radius 3 is 2.68 bits per heavy atom. The van der Waals surface area contributed by atoms with Crippen LogP contribution in [0.25, 0.3) is 0 Å². The highest BCUT2D eigenvalue weighted by Gasteiger charge is 2.24. The van der Waals surface area contributed by atoms with Crippen LogP contribution in [0.4, 0.5) is 23.1 Å². The summed E-state index contributed by atoms with van der Waals surface area (Å²) in [6.45, 7) is 1.38. The lowest BCUT2D eigenvalue weighted by atomic mass is 10.3. The predicted octanol–water partition coefficient (Wildman–Crippen LogP) is 1.95. The molecule has 0 aliphatic carbocycles. The minimum absolute atomic E-state index is 0.120. The van der Waals surface area contributed by atoms with Gasteiger partial charge in [-0.25, -0.2) is 9.97 Å². The molecule has 3 N–H and O–H groups in total. The van der Waals surface area contributed by atoms with Crippen LogP contribution in [-0.2, 0) is 4.79 Å². The smallest absolute Gasteiger partial charge is 0.355 e. The second-order valence-corrected chi connectivity index (χ2v) is 5.40. The van der Waals surface area contributed by atoms with E-state index in [1.54, 1.807) is 37.3 Å². The van der Waals surface area contributed by atoms with Gasteiger partial charge < -0.3 is 14.6 Å². The van der Waals surface area contributed by atoms with Crippen LogP contribution in [0.15, 0.2) is 47.2 Å². The molecule has 1 amide bonds. The van der Waals surface area contributed by atoms with Crippen molar-refractivity contribution in [3.63, 3.8) is 0 Å². The molecule has 3 aromatic rings. The molecule has 1 aromatic carbocycles. The van der Waals surface area contributed by atoms with Gasteiger partial charge >= 0.3 is 5.69 Å². The van der Waals surface area contributed by atoms with E-state index in [1.165, 1.54) is 0 Å². The number of nitrogens with one attached hydrogen (secondary N) is 3. The molecule has 12 nitrogen and oxygen atoms in total. The molecule has 0 saturated heterocycles. The average Bonchev–Trinajstić information content (AvgIpc) is 3.10. The van der Waals surface area contributed by atoms with Gasteiger partial charge in [0.15, 0.2) is 12.4 Å². The number of anilines is 3. The van der Waals surface area contributed by atoms with Crippen LogP contribution in [-0.4, -0.2) is 32.6 Å². The monoisotopic (exact) mass is 385 g/mol. The fourth-order valence-corrected chi connectivity index (χ4v) is 2.11. The van der Waals surface area contributed by atoms with Crippen LogP contribution >= 0.6 is 0 Å². The predicted molar refractivity (Wildman–Crippen MR) is 96.9 cm³/mol. The Bertz CT molecular complexity index is 977. The van der Waals surface area contributed by atoms with E-state index >= 15 is 0 Å². The van der Waals surface area contributed by atoms with Crippen molar-refractivity contribution >= 4 is 29.0 Å². The number of hydrogen-bond acceptors (Lipinski definition) is 10. The number of aryl methyl sites for hydroxylation is 1. The van der Waals surface area contributed by atoms with Crippen LogP contribution in [0.3, 0.4) is 0 Å². The molecule has 0 radical (unpaired) electrons. The SMILES string of the molecule is Cc1cc(Nc2ncnc(NNC(=O)COc3ccccc3)c2[N+](=O)[O-])no1. The van der Waals surface area contributed by atoms with Gasteiger partial charge in [0.25, 0.3) is 5.91 Å². The third-order valence-electron chi connectivity index (χ3n) is 3.31. The van der Waals surface area contributed by atoms with Crippen molar-refractivity contribution in [1.29, 1.82) is 0 Å². The maximum Gasteiger partial charge on any atom is 0.355 e. The summed E-state index contributed by atoms with van der Waals surface area (Å²) < 4.78 is 10.2. The zero-order valence-corrected chi connectivity index (χ0v) is 14.6. The van der Waals surface area contributed by atoms with Gasteiger partial charge in [-0.15, -0.1) is 0 Å². The fourth-order valence-electron chi connectivity index (χ4n) is 2.11. The van der Waals surface area contributed by atoms with Crippen LogP contribution in [0.5, 0.6) is 5.75 Å². The van der Waals surface area contributed by atoms with Crippen molar-refractivity contribution in [3.8, 4) is 5.75 Å². The molecule has 3 rings (SSSR count). The van der Waals surface area contributed by atoms with Gasteiger partial charge in [0, 0.05) is 6.07 Å². The summed E-state index contributed by atoms with van der Waals surface area (Å²) in [4.78, 5) is 30.3. The minimum atomic E-state index is -0.690. The summed E-state index contributed by atoms with van der Waals surface area (Å²) in [5.74, 6) is 0.383. The molecule has 0 bridgehead atoms. The standard InChI is InChI=1S/C16H15N7O5/c1-10-7-12(22-28-10)19-15-14(23(25)26)16(18-9-17-15)21-20-13(24)8-27-11-5-3-2-4-6-11/h2-7,9H,8H2,1H3,(H,20,24)(H2,17,18,19,21,22). The number of aromatic nitrogens is 3. The second-order valence-electron chi connectivity index (χ2n) is 5.40. The lowest BCUT2D eigenvalue weighted by molar-refractivity contribution is -0.383. The van der Waals surface area contributed by atoms with Gasteiger partial charge in [-0.2, -0.15) is 0 Å². The van der Waals surface area contributed by atoms with E-state index in [0.29, 0.717) is 11.5 Å². The number of ether oxygens (including phenoxy) is 1. The molecule has 0 saturated carbocycles. The summed E-state index contributed by atoms with van der Waals surface area (Å²) in [6.07, 6.45) is 1.09. The highest BCUT2D eigenvalue weighted by atomic mass is 16.6. The molecule has 2 aromatic heterocycles. The first-order valence-corrected chi connectivity index (χ1v) is 7.95. The van der Waals surface area contributed by atoms with Gasteiger partial charge in [-0.1, -0.05) is 23.4 Å². The van der Waals surface area contributed by atoms with Crippen LogP contribution in [0.1, 0.15) is 5.76 Å². The molecule has 0 aliphatic heterocycles. The number of hydrazine groups is 1. The molecule has 28 heavy (non-hydrogen) atoms. The summed E-state index contributed by atoms with van der Waals surface area (Å²) >= 11 is 0. The number of carbonyl (C=O) groups excluding carboxylic acids is 1. The third-order valence-corrected chi connectivity index (χ3v) is 3.31. The molecule has 12 heteroatoms. The number of hydrogen-bond donors (Lipinski definition) is 3. The molecule has 0 atom stereocenters. The minimum Gasteiger partial charge on any atom is -0.484 e. The summed E-state index contributed by atoms with van der Waals surface area (Å²) in [6, 6.07) is 10.3. The van der Waals surface area contributed by atoms with Crippen LogP contribution in [0.2, 0.25) is 0 Å². The van der Waals surface area contributed by atoms with Crippen molar-refractivity contribution in [1.82, 2.24) is 20.6 Å². The molecule has 0 unspecified atom stereocenters. The number of amides is 1. The summed E-state index contributed by atoms with van der Waals surface area (Å²) in [5.41, 5.74) is 4.22. The maximum absolute atomic E-state index is 11.9. The highest BCUT2D eigenvalue weighted by Crippen LogP contribution is 2.30. The Balaban J connectivity index is 1.66. The Morgan fingerprint density at radius 2 is 2.00 bits per heavy atom. The number of para-hydroxylation sites is 1. The van der Waals surface area contributed by atoms with E-state index < -0.39 is 16.5 Å². The molecule has 2 heterocycles. The lowest BCUT2D eigenvalue weighted by Crippen LogP contribution is -2.34. The molecule has 0 aliphatic rings. The zero-order valence-electron chi connectivity index (χ0n) is 14.6. The van der Waals surface area contributed by atoms with E-state index in [4.69, 9.17) is 9.26 Å². The molecular formula is C16H15N7O5. The summed E-state index contributed by atoms with van der Waals surface area (Å²) in [5, 5.41) is 17.8. The quantitative estimate of drug-likeness (QED) is 0.386. The maximum atomic E-state index is 11.9. The Labute approximate surface area is 158 Å². The topological polar surface area (TPSA) is 157 Å². The van der Waals surface area contributed by atoms with Crippen LogP contribution in [0, 0.1) is 17.0 Å². The van der Waals surface area contributed by atoms with E-state index in [1.807, 2.05) is 6.07 Å². The van der Waals surface area contributed by atoms with Gasteiger partial charge in [-0.3, -0.25) is 25.8 Å². The Kier molecular flexibility index (Phi) is 5.60. The van der Waals surface area contributed by atoms with E-state index in [9.17, 15) is 14.9 Å². The number of benzene rings is 1. The molecule has 0 spiro atoms. The van der Waals surface area contributed by atoms with Crippen molar-refractivity contribution in [2.24, 2.45) is 0 Å². The van der Waals surface area contributed by atoms with Gasteiger partial charge in [0.2, 0.25) is 11.6 Å². The first kappa shape index (κ1) is 18.6. The lowest BCUT2D eigenvalue weighted by Gasteiger charge is -2.10. The highest BCUT2D eigenvalue weighted by molar-refractivity contribution is 5.80. The zero-order chi connectivity index (χ0) is 19.9. The van der Waals surface area contributed by atoms with E-state index in [0.717, 1.165) is 6.33 Å². The molecule has 0 fully saturated rings. The van der Waals surface area contributed by atoms with Gasteiger partial charge in [-0.05, 0) is 19.1 Å². The average molecular weight is 385 g/mol. The van der Waals surface area contributed by atoms with Crippen molar-refractivity contribution in [3.05, 3.63) is 58.6 Å². The number of nitrogens with zero attached hydrogens (tertiary/aromatic N) is 4. The van der Waals surface area contributed by atoms with Gasteiger partial charge in [0.05, 0.1) is 4.92 Å². The fraction of sp³-hybridized carbons (Fsp3) is 0.125. The number of rotatable bonds is 8. The largest absolute Gasteiger partial charge is 0.484 e. The van der Waals surface area contributed by atoms with Crippen molar-refractivity contribution < 1.29 is 19.0 Å². The number of carbonyl (C=O) groups is 1. The second kappa shape index (κ2) is 8.44.